The Bertz CT molecular complexity index is 878. The molecule has 1 aromatic heterocycles. The van der Waals surface area contributed by atoms with Crippen molar-refractivity contribution in [1.29, 1.82) is 0 Å². The van der Waals surface area contributed by atoms with E-state index in [2.05, 4.69) is 0 Å². The van der Waals surface area contributed by atoms with Crippen LogP contribution in [0.25, 0.3) is 0 Å². The first-order valence-corrected chi connectivity index (χ1v) is 7.98. The van der Waals surface area contributed by atoms with E-state index in [0.717, 1.165) is 12.1 Å². The Kier molecular flexibility index (Phi) is 4.67. The van der Waals surface area contributed by atoms with E-state index in [0.29, 0.717) is 5.02 Å². The number of ketones is 2. The molecular weight excluding hydrogens is 348 g/mol. The van der Waals surface area contributed by atoms with Gasteiger partial charge in [0.2, 0.25) is 26.5 Å². The molecule has 1 heterocycles. The van der Waals surface area contributed by atoms with Crippen molar-refractivity contribution in [2.24, 2.45) is 0 Å². The first kappa shape index (κ1) is 16.9. The lowest BCUT2D eigenvalue weighted by Gasteiger charge is -2.01. The SMILES string of the molecule is O=C(O)C(=O)CC(=O)c1ccc(S(=O)(=O)c2ccc(Cl)cc2)o1. The summed E-state index contributed by atoms with van der Waals surface area (Å²) in [5.41, 5.74) is 0. The molecule has 120 valence electrons. The van der Waals surface area contributed by atoms with Gasteiger partial charge in [-0.25, -0.2) is 13.2 Å². The lowest BCUT2D eigenvalue weighted by molar-refractivity contribution is -0.148. The lowest BCUT2D eigenvalue weighted by atomic mass is 10.2. The second-order valence-electron chi connectivity index (χ2n) is 4.40. The van der Waals surface area contributed by atoms with Gasteiger partial charge in [-0.15, -0.1) is 0 Å². The maximum atomic E-state index is 12.3. The number of carboxylic acid groups (broad SMARTS) is 1. The van der Waals surface area contributed by atoms with Gasteiger partial charge in [0, 0.05) is 5.02 Å². The van der Waals surface area contributed by atoms with Gasteiger partial charge in [0.1, 0.15) is 0 Å². The molecule has 0 unspecified atom stereocenters. The summed E-state index contributed by atoms with van der Waals surface area (Å²) in [6, 6.07) is 7.44. The van der Waals surface area contributed by atoms with Crippen LogP contribution in [0.2, 0.25) is 5.02 Å². The molecule has 0 saturated heterocycles. The number of carboxylic acids is 1. The van der Waals surface area contributed by atoms with E-state index in [1.807, 2.05) is 0 Å². The number of aliphatic carboxylic acids is 1. The average molecular weight is 357 g/mol. The Balaban J connectivity index is 2.28. The lowest BCUT2D eigenvalue weighted by Crippen LogP contribution is -2.16. The van der Waals surface area contributed by atoms with Crippen molar-refractivity contribution < 1.29 is 32.3 Å². The predicted molar refractivity (Wildman–Crippen MR) is 77.2 cm³/mol. The van der Waals surface area contributed by atoms with Crippen molar-refractivity contribution in [1.82, 2.24) is 0 Å². The van der Waals surface area contributed by atoms with Crippen molar-refractivity contribution in [3.8, 4) is 0 Å². The van der Waals surface area contributed by atoms with Gasteiger partial charge in [0.05, 0.1) is 11.3 Å². The molecular formula is C14H9ClO7S. The highest BCUT2D eigenvalue weighted by atomic mass is 35.5. The standard InChI is InChI=1S/C14H9ClO7S/c15-8-1-3-9(4-2-8)23(20,21)13-6-5-12(22-13)10(16)7-11(17)14(18)19/h1-6H,7H2,(H,18,19). The molecule has 0 amide bonds. The largest absolute Gasteiger partial charge is 0.475 e. The summed E-state index contributed by atoms with van der Waals surface area (Å²) in [6.07, 6.45) is -0.913. The summed E-state index contributed by atoms with van der Waals surface area (Å²) in [5, 5.41) is 8.30. The highest BCUT2D eigenvalue weighted by Crippen LogP contribution is 2.24. The maximum Gasteiger partial charge on any atom is 0.372 e. The van der Waals surface area contributed by atoms with E-state index >= 15 is 0 Å². The molecule has 2 rings (SSSR count). The highest BCUT2D eigenvalue weighted by Gasteiger charge is 2.25. The summed E-state index contributed by atoms with van der Waals surface area (Å²) in [5.74, 6) is -4.39. The first-order chi connectivity index (χ1) is 10.7. The molecule has 0 radical (unpaired) electrons. The molecule has 1 aromatic carbocycles. The third-order valence-corrected chi connectivity index (χ3v) is 4.70. The fourth-order valence-corrected chi connectivity index (χ4v) is 2.95. The quantitative estimate of drug-likeness (QED) is 0.477. The minimum Gasteiger partial charge on any atom is -0.475 e. The molecule has 0 aliphatic carbocycles. The molecule has 0 aliphatic heterocycles. The summed E-state index contributed by atoms with van der Waals surface area (Å²) in [7, 11) is -3.99. The average Bonchev–Trinajstić information content (AvgIpc) is 2.98. The van der Waals surface area contributed by atoms with Crippen LogP contribution >= 0.6 is 11.6 Å². The van der Waals surface area contributed by atoms with Crippen LogP contribution < -0.4 is 0 Å². The van der Waals surface area contributed by atoms with E-state index in [-0.39, 0.29) is 4.90 Å². The smallest absolute Gasteiger partial charge is 0.372 e. The van der Waals surface area contributed by atoms with E-state index < -0.39 is 44.6 Å². The maximum absolute atomic E-state index is 12.3. The monoisotopic (exact) mass is 356 g/mol. The number of sulfone groups is 1. The van der Waals surface area contributed by atoms with Crippen LogP contribution in [0.15, 0.2) is 50.8 Å². The Hall–Kier alpha value is -2.45. The van der Waals surface area contributed by atoms with Gasteiger partial charge in [-0.05, 0) is 36.4 Å². The Morgan fingerprint density at radius 2 is 1.65 bits per heavy atom. The number of furan rings is 1. The summed E-state index contributed by atoms with van der Waals surface area (Å²) in [4.78, 5) is 33.0. The van der Waals surface area contributed by atoms with E-state index in [4.69, 9.17) is 21.1 Å². The van der Waals surface area contributed by atoms with Crippen LogP contribution in [0, 0.1) is 0 Å². The zero-order valence-corrected chi connectivity index (χ0v) is 12.9. The Labute approximate surface area is 135 Å². The minimum absolute atomic E-state index is 0.0862. The minimum atomic E-state index is -3.99. The van der Waals surface area contributed by atoms with Crippen molar-refractivity contribution in [3.63, 3.8) is 0 Å². The number of hydrogen-bond donors (Lipinski definition) is 1. The molecule has 2 aromatic rings. The third-order valence-electron chi connectivity index (χ3n) is 2.80. The van der Waals surface area contributed by atoms with E-state index in [1.165, 1.54) is 24.3 Å². The fraction of sp³-hybridized carbons (Fsp3) is 0.0714. The van der Waals surface area contributed by atoms with Crippen LogP contribution in [0.1, 0.15) is 17.0 Å². The third kappa shape index (κ3) is 3.66. The van der Waals surface area contributed by atoms with E-state index in [1.54, 1.807) is 0 Å². The topological polar surface area (TPSA) is 119 Å². The first-order valence-electron chi connectivity index (χ1n) is 6.11. The van der Waals surface area contributed by atoms with Gasteiger partial charge >= 0.3 is 5.97 Å². The molecule has 1 N–H and O–H groups in total. The van der Waals surface area contributed by atoms with Crippen molar-refractivity contribution >= 4 is 39.0 Å². The number of halogens is 1. The number of carbonyl (C=O) groups is 3. The highest BCUT2D eigenvalue weighted by molar-refractivity contribution is 7.91. The fourth-order valence-electron chi connectivity index (χ4n) is 1.65. The van der Waals surface area contributed by atoms with Gasteiger partial charge in [-0.3, -0.25) is 9.59 Å². The predicted octanol–water partition coefficient (Wildman–Crippen LogP) is 1.99. The zero-order chi connectivity index (χ0) is 17.2. The molecule has 0 atom stereocenters. The molecule has 0 aliphatic rings. The van der Waals surface area contributed by atoms with Crippen LogP contribution in [0.4, 0.5) is 0 Å². The molecule has 0 spiro atoms. The van der Waals surface area contributed by atoms with Gasteiger partial charge < -0.3 is 9.52 Å². The van der Waals surface area contributed by atoms with Crippen molar-refractivity contribution in [3.05, 3.63) is 47.2 Å². The summed E-state index contributed by atoms with van der Waals surface area (Å²) in [6.45, 7) is 0. The van der Waals surface area contributed by atoms with Gasteiger partial charge in [-0.2, -0.15) is 0 Å². The second kappa shape index (κ2) is 6.35. The van der Waals surface area contributed by atoms with E-state index in [9.17, 15) is 22.8 Å². The zero-order valence-electron chi connectivity index (χ0n) is 11.4. The van der Waals surface area contributed by atoms with Gasteiger partial charge in [-0.1, -0.05) is 11.6 Å². The Morgan fingerprint density at radius 1 is 1.04 bits per heavy atom. The van der Waals surface area contributed by atoms with Crippen LogP contribution in [0.5, 0.6) is 0 Å². The number of Topliss-reactive ketones (excluding diaryl/α,β-unsaturated/α-hetero) is 2. The molecule has 0 fully saturated rings. The Morgan fingerprint density at radius 3 is 2.22 bits per heavy atom. The molecule has 7 nitrogen and oxygen atoms in total. The normalized spacial score (nSPS) is 11.2. The summed E-state index contributed by atoms with van der Waals surface area (Å²) < 4.78 is 29.6. The number of rotatable bonds is 6. The van der Waals surface area contributed by atoms with Gasteiger partial charge in [0.25, 0.3) is 0 Å². The van der Waals surface area contributed by atoms with Gasteiger partial charge in [0.15, 0.2) is 5.76 Å². The van der Waals surface area contributed by atoms with Crippen LogP contribution in [-0.4, -0.2) is 31.1 Å². The summed E-state index contributed by atoms with van der Waals surface area (Å²) >= 11 is 5.68. The molecule has 9 heteroatoms. The number of hydrogen-bond acceptors (Lipinski definition) is 6. The van der Waals surface area contributed by atoms with Crippen molar-refractivity contribution in [2.45, 2.75) is 16.4 Å². The van der Waals surface area contributed by atoms with Crippen molar-refractivity contribution in [2.75, 3.05) is 0 Å². The molecule has 0 bridgehead atoms. The van der Waals surface area contributed by atoms with Crippen LogP contribution in [-0.2, 0) is 19.4 Å². The molecule has 0 saturated carbocycles. The molecule has 23 heavy (non-hydrogen) atoms. The number of carbonyl (C=O) groups excluding carboxylic acids is 2. The second-order valence-corrected chi connectivity index (χ2v) is 6.72. The number of benzene rings is 1. The van der Waals surface area contributed by atoms with Crippen LogP contribution in [0.3, 0.4) is 0 Å².